The standard InChI is InChI=1S/C16H20N2O2/c1-11-15(16(19)18-8-4-5-9-18)13-10-12(20-3)6-7-14(13)17(11)2/h6-7,10H,4-5,8-9H2,1-3H3. The Morgan fingerprint density at radius 3 is 2.60 bits per heavy atom. The highest BCUT2D eigenvalue weighted by Crippen LogP contribution is 2.30. The van der Waals surface area contributed by atoms with E-state index in [2.05, 4.69) is 4.57 Å². The van der Waals surface area contributed by atoms with E-state index in [0.29, 0.717) is 0 Å². The molecule has 1 aromatic heterocycles. The van der Waals surface area contributed by atoms with E-state index >= 15 is 0 Å². The van der Waals surface area contributed by atoms with Crippen molar-refractivity contribution in [2.75, 3.05) is 20.2 Å². The fraction of sp³-hybridized carbons (Fsp3) is 0.438. The number of benzene rings is 1. The molecule has 0 unspecified atom stereocenters. The van der Waals surface area contributed by atoms with Gasteiger partial charge in [0.15, 0.2) is 0 Å². The third kappa shape index (κ3) is 1.87. The van der Waals surface area contributed by atoms with Crippen LogP contribution in [0, 0.1) is 6.92 Å². The minimum Gasteiger partial charge on any atom is -0.497 e. The van der Waals surface area contributed by atoms with Gasteiger partial charge in [0.05, 0.1) is 12.7 Å². The summed E-state index contributed by atoms with van der Waals surface area (Å²) < 4.78 is 7.38. The highest BCUT2D eigenvalue weighted by Gasteiger charge is 2.25. The SMILES string of the molecule is COc1ccc2c(c1)c(C(=O)N1CCCC1)c(C)n2C. The van der Waals surface area contributed by atoms with Crippen LogP contribution in [0.4, 0.5) is 0 Å². The molecule has 0 N–H and O–H groups in total. The molecule has 0 saturated carbocycles. The summed E-state index contributed by atoms with van der Waals surface area (Å²) in [4.78, 5) is 14.7. The van der Waals surface area contributed by atoms with Gasteiger partial charge in [-0.3, -0.25) is 4.79 Å². The largest absolute Gasteiger partial charge is 0.497 e. The number of ether oxygens (including phenoxy) is 1. The molecule has 0 atom stereocenters. The van der Waals surface area contributed by atoms with Crippen molar-refractivity contribution in [2.45, 2.75) is 19.8 Å². The van der Waals surface area contributed by atoms with Crippen LogP contribution in [0.5, 0.6) is 5.75 Å². The van der Waals surface area contributed by atoms with Crippen molar-refractivity contribution in [1.29, 1.82) is 0 Å². The zero-order valence-electron chi connectivity index (χ0n) is 12.3. The van der Waals surface area contributed by atoms with Crippen LogP contribution < -0.4 is 4.74 Å². The first kappa shape index (κ1) is 13.0. The molecular weight excluding hydrogens is 252 g/mol. The lowest BCUT2D eigenvalue weighted by Crippen LogP contribution is -2.28. The summed E-state index contributed by atoms with van der Waals surface area (Å²) in [5.41, 5.74) is 2.92. The van der Waals surface area contributed by atoms with Crippen LogP contribution in [0.25, 0.3) is 10.9 Å². The molecule has 1 saturated heterocycles. The lowest BCUT2D eigenvalue weighted by atomic mass is 10.1. The van der Waals surface area contributed by atoms with E-state index in [4.69, 9.17) is 4.74 Å². The lowest BCUT2D eigenvalue weighted by molar-refractivity contribution is 0.0794. The smallest absolute Gasteiger partial charge is 0.256 e. The molecule has 2 heterocycles. The summed E-state index contributed by atoms with van der Waals surface area (Å²) in [6.45, 7) is 3.76. The molecule has 2 aromatic rings. The van der Waals surface area contributed by atoms with Gasteiger partial charge in [0.25, 0.3) is 5.91 Å². The van der Waals surface area contributed by atoms with E-state index in [0.717, 1.165) is 53.8 Å². The van der Waals surface area contributed by atoms with Gasteiger partial charge in [-0.05, 0) is 38.0 Å². The van der Waals surface area contributed by atoms with E-state index in [9.17, 15) is 4.79 Å². The van der Waals surface area contributed by atoms with Gasteiger partial charge in [-0.15, -0.1) is 0 Å². The number of amides is 1. The van der Waals surface area contributed by atoms with Gasteiger partial charge in [0.1, 0.15) is 5.75 Å². The van der Waals surface area contributed by atoms with Crippen molar-refractivity contribution in [3.8, 4) is 5.75 Å². The molecule has 1 aliphatic heterocycles. The fourth-order valence-corrected chi connectivity index (χ4v) is 3.03. The summed E-state index contributed by atoms with van der Waals surface area (Å²) in [5, 5.41) is 0.987. The van der Waals surface area contributed by atoms with E-state index in [1.807, 2.05) is 37.1 Å². The molecular formula is C16H20N2O2. The van der Waals surface area contributed by atoms with Crippen LogP contribution in [-0.4, -0.2) is 35.6 Å². The normalized spacial score (nSPS) is 15.1. The second-order valence-electron chi connectivity index (χ2n) is 5.40. The Hall–Kier alpha value is -1.97. The van der Waals surface area contributed by atoms with Crippen molar-refractivity contribution in [3.63, 3.8) is 0 Å². The minimum atomic E-state index is 0.152. The third-order valence-corrected chi connectivity index (χ3v) is 4.31. The van der Waals surface area contributed by atoms with Gasteiger partial charge >= 0.3 is 0 Å². The maximum atomic E-state index is 12.8. The Bertz CT molecular complexity index is 667. The Balaban J connectivity index is 2.17. The Morgan fingerprint density at radius 2 is 1.95 bits per heavy atom. The molecule has 1 aliphatic rings. The molecule has 0 aliphatic carbocycles. The van der Waals surface area contributed by atoms with E-state index in [-0.39, 0.29) is 5.91 Å². The van der Waals surface area contributed by atoms with Crippen LogP contribution in [0.1, 0.15) is 28.9 Å². The van der Waals surface area contributed by atoms with Crippen molar-refractivity contribution in [2.24, 2.45) is 7.05 Å². The summed E-state index contributed by atoms with van der Waals surface area (Å²) in [7, 11) is 3.66. The molecule has 0 radical (unpaired) electrons. The van der Waals surface area contributed by atoms with Crippen molar-refractivity contribution in [1.82, 2.24) is 9.47 Å². The second kappa shape index (κ2) is 4.85. The number of hydrogen-bond acceptors (Lipinski definition) is 2. The number of fused-ring (bicyclic) bond motifs is 1. The monoisotopic (exact) mass is 272 g/mol. The third-order valence-electron chi connectivity index (χ3n) is 4.31. The number of rotatable bonds is 2. The van der Waals surface area contributed by atoms with Gasteiger partial charge in [0, 0.05) is 36.7 Å². The maximum absolute atomic E-state index is 12.8. The predicted molar refractivity (Wildman–Crippen MR) is 79.3 cm³/mol. The summed E-state index contributed by atoms with van der Waals surface area (Å²) >= 11 is 0. The molecule has 4 heteroatoms. The van der Waals surface area contributed by atoms with Crippen LogP contribution in [0.15, 0.2) is 18.2 Å². The van der Waals surface area contributed by atoms with Crippen molar-refractivity contribution >= 4 is 16.8 Å². The zero-order valence-corrected chi connectivity index (χ0v) is 12.3. The Morgan fingerprint density at radius 1 is 1.25 bits per heavy atom. The molecule has 20 heavy (non-hydrogen) atoms. The number of likely N-dealkylation sites (tertiary alicyclic amines) is 1. The van der Waals surface area contributed by atoms with Gasteiger partial charge in [-0.2, -0.15) is 0 Å². The molecule has 1 amide bonds. The molecule has 0 bridgehead atoms. The fourth-order valence-electron chi connectivity index (χ4n) is 3.03. The number of aromatic nitrogens is 1. The average molecular weight is 272 g/mol. The first-order valence-electron chi connectivity index (χ1n) is 7.06. The summed E-state index contributed by atoms with van der Waals surface area (Å²) in [5.74, 6) is 0.942. The first-order valence-corrected chi connectivity index (χ1v) is 7.06. The molecule has 106 valence electrons. The second-order valence-corrected chi connectivity index (χ2v) is 5.40. The van der Waals surface area contributed by atoms with Gasteiger partial charge < -0.3 is 14.2 Å². The number of aryl methyl sites for hydroxylation is 1. The summed E-state index contributed by atoms with van der Waals surface area (Å²) in [6, 6.07) is 5.92. The Labute approximate surface area is 118 Å². The number of methoxy groups -OCH3 is 1. The predicted octanol–water partition coefficient (Wildman–Crippen LogP) is 2.73. The molecule has 4 nitrogen and oxygen atoms in total. The highest BCUT2D eigenvalue weighted by atomic mass is 16.5. The van der Waals surface area contributed by atoms with E-state index in [1.54, 1.807) is 7.11 Å². The van der Waals surface area contributed by atoms with Crippen LogP contribution >= 0.6 is 0 Å². The van der Waals surface area contributed by atoms with Crippen LogP contribution in [-0.2, 0) is 7.05 Å². The van der Waals surface area contributed by atoms with Crippen LogP contribution in [0.3, 0.4) is 0 Å². The average Bonchev–Trinajstić information content (AvgIpc) is 3.07. The van der Waals surface area contributed by atoms with E-state index < -0.39 is 0 Å². The van der Waals surface area contributed by atoms with Crippen molar-refractivity contribution in [3.05, 3.63) is 29.5 Å². The highest BCUT2D eigenvalue weighted by molar-refractivity contribution is 6.08. The maximum Gasteiger partial charge on any atom is 0.256 e. The summed E-state index contributed by atoms with van der Waals surface area (Å²) in [6.07, 6.45) is 2.22. The Kier molecular flexibility index (Phi) is 3.16. The minimum absolute atomic E-state index is 0.152. The number of carbonyl (C=O) groups is 1. The number of carbonyl (C=O) groups excluding carboxylic acids is 1. The number of hydrogen-bond donors (Lipinski definition) is 0. The topological polar surface area (TPSA) is 34.5 Å². The number of nitrogens with zero attached hydrogens (tertiary/aromatic N) is 2. The molecule has 3 rings (SSSR count). The molecule has 0 spiro atoms. The molecule has 1 aromatic carbocycles. The molecule has 1 fully saturated rings. The van der Waals surface area contributed by atoms with Crippen molar-refractivity contribution < 1.29 is 9.53 Å². The first-order chi connectivity index (χ1) is 9.63. The van der Waals surface area contributed by atoms with Gasteiger partial charge in [0.2, 0.25) is 0 Å². The van der Waals surface area contributed by atoms with Crippen LogP contribution in [0.2, 0.25) is 0 Å². The van der Waals surface area contributed by atoms with Gasteiger partial charge in [-0.1, -0.05) is 0 Å². The van der Waals surface area contributed by atoms with E-state index in [1.165, 1.54) is 0 Å². The van der Waals surface area contributed by atoms with Gasteiger partial charge in [-0.25, -0.2) is 0 Å². The quantitative estimate of drug-likeness (QED) is 0.842. The lowest BCUT2D eigenvalue weighted by Gasteiger charge is -2.15. The zero-order chi connectivity index (χ0) is 14.3.